The van der Waals surface area contributed by atoms with Crippen molar-refractivity contribution in [3.05, 3.63) is 10.1 Å². The van der Waals surface area contributed by atoms with E-state index in [-0.39, 0.29) is 5.78 Å². The van der Waals surface area contributed by atoms with Gasteiger partial charge in [0.15, 0.2) is 0 Å². The maximum Gasteiger partial charge on any atom is 0.326 e. The lowest BCUT2D eigenvalue weighted by molar-refractivity contribution is -0.533. The summed E-state index contributed by atoms with van der Waals surface area (Å²) in [5, 5.41) is 10.9. The minimum absolute atomic E-state index is 0.255. The van der Waals surface area contributed by atoms with E-state index in [1.54, 1.807) is 4.90 Å². The van der Waals surface area contributed by atoms with Gasteiger partial charge in [0.1, 0.15) is 0 Å². The number of unbranched alkanes of at least 4 members (excludes halogenated alkanes) is 3. The summed E-state index contributed by atoms with van der Waals surface area (Å²) in [6.45, 7) is 6.83. The number of rotatable bonds is 10. The first-order chi connectivity index (χ1) is 8.08. The molecule has 100 valence electrons. The van der Waals surface area contributed by atoms with Gasteiger partial charge < -0.3 is 0 Å². The summed E-state index contributed by atoms with van der Waals surface area (Å²) in [4.78, 5) is 23.9. The van der Waals surface area contributed by atoms with Gasteiger partial charge in [0.2, 0.25) is 5.78 Å². The molecule has 0 aliphatic carbocycles. The van der Waals surface area contributed by atoms with Crippen LogP contribution in [0.1, 0.15) is 52.9 Å². The van der Waals surface area contributed by atoms with Gasteiger partial charge in [-0.3, -0.25) is 14.9 Å². The average Bonchev–Trinajstić information content (AvgIpc) is 2.30. The third-order valence-corrected chi connectivity index (χ3v) is 2.92. The van der Waals surface area contributed by atoms with Crippen molar-refractivity contribution in [1.82, 2.24) is 4.90 Å². The van der Waals surface area contributed by atoms with Crippen molar-refractivity contribution < 1.29 is 9.72 Å². The molecule has 0 bridgehead atoms. The lowest BCUT2D eigenvalue weighted by atomic mass is 10.1. The van der Waals surface area contributed by atoms with Gasteiger partial charge in [0, 0.05) is 24.4 Å². The van der Waals surface area contributed by atoms with Crippen LogP contribution in [0.4, 0.5) is 0 Å². The molecule has 0 spiro atoms. The van der Waals surface area contributed by atoms with Gasteiger partial charge in [-0.1, -0.05) is 40.0 Å². The molecule has 0 rings (SSSR count). The fraction of sp³-hybridized carbons (Fsp3) is 0.917. The first-order valence-electron chi connectivity index (χ1n) is 6.48. The van der Waals surface area contributed by atoms with Crippen molar-refractivity contribution in [3.8, 4) is 0 Å². The fourth-order valence-electron chi connectivity index (χ4n) is 1.88. The molecule has 5 nitrogen and oxygen atoms in total. The summed E-state index contributed by atoms with van der Waals surface area (Å²) in [6, 6.07) is 0. The van der Waals surface area contributed by atoms with Gasteiger partial charge in [-0.15, -0.1) is 0 Å². The zero-order chi connectivity index (χ0) is 13.3. The number of carbonyl (C=O) groups excluding carboxylic acids is 1. The van der Waals surface area contributed by atoms with Crippen molar-refractivity contribution in [2.75, 3.05) is 13.1 Å². The minimum atomic E-state index is -1.15. The van der Waals surface area contributed by atoms with Gasteiger partial charge in [0.05, 0.1) is 0 Å². The summed E-state index contributed by atoms with van der Waals surface area (Å²) < 4.78 is 0. The Kier molecular flexibility index (Phi) is 8.58. The van der Waals surface area contributed by atoms with Crippen molar-refractivity contribution in [2.45, 2.75) is 59.0 Å². The second-order valence-electron chi connectivity index (χ2n) is 4.16. The Morgan fingerprint density at radius 2 is 1.76 bits per heavy atom. The van der Waals surface area contributed by atoms with Gasteiger partial charge in [-0.25, -0.2) is 4.90 Å². The third kappa shape index (κ3) is 5.77. The van der Waals surface area contributed by atoms with Crippen LogP contribution in [0.2, 0.25) is 0 Å². The zero-order valence-electron chi connectivity index (χ0n) is 11.1. The van der Waals surface area contributed by atoms with E-state index >= 15 is 0 Å². The number of hydrogen-bond donors (Lipinski definition) is 0. The standard InChI is InChI=1S/C12H24N2O3/c1-4-7-8-9-10-11(15)12(14(16)17)13(5-2)6-3/h12H,4-10H2,1-3H3. The van der Waals surface area contributed by atoms with E-state index in [0.717, 1.165) is 25.7 Å². The lowest BCUT2D eigenvalue weighted by Crippen LogP contribution is -2.46. The largest absolute Gasteiger partial charge is 0.326 e. The molecule has 0 N–H and O–H groups in total. The Morgan fingerprint density at radius 3 is 2.18 bits per heavy atom. The van der Waals surface area contributed by atoms with E-state index in [2.05, 4.69) is 6.92 Å². The lowest BCUT2D eigenvalue weighted by Gasteiger charge is -2.21. The Labute approximate surface area is 103 Å². The smallest absolute Gasteiger partial charge is 0.290 e. The maximum atomic E-state index is 11.8. The number of nitro groups is 1. The Balaban J connectivity index is 4.30. The monoisotopic (exact) mass is 244 g/mol. The molecule has 0 fully saturated rings. The number of ketones is 1. The Morgan fingerprint density at radius 1 is 1.18 bits per heavy atom. The summed E-state index contributed by atoms with van der Waals surface area (Å²) in [7, 11) is 0. The van der Waals surface area contributed by atoms with E-state index in [1.165, 1.54) is 0 Å². The molecule has 0 aliphatic rings. The van der Waals surface area contributed by atoms with Crippen molar-refractivity contribution in [3.63, 3.8) is 0 Å². The van der Waals surface area contributed by atoms with E-state index in [9.17, 15) is 14.9 Å². The van der Waals surface area contributed by atoms with Crippen LogP contribution in [0.5, 0.6) is 0 Å². The van der Waals surface area contributed by atoms with Gasteiger partial charge in [0.25, 0.3) is 0 Å². The molecule has 0 radical (unpaired) electrons. The highest BCUT2D eigenvalue weighted by Gasteiger charge is 2.33. The Hall–Kier alpha value is -0.970. The van der Waals surface area contributed by atoms with E-state index in [0.29, 0.717) is 19.5 Å². The first kappa shape index (κ1) is 16.0. The molecule has 17 heavy (non-hydrogen) atoms. The number of hydrogen-bond acceptors (Lipinski definition) is 4. The molecule has 1 unspecified atom stereocenters. The maximum absolute atomic E-state index is 11.8. The Bertz CT molecular complexity index is 240. The summed E-state index contributed by atoms with van der Waals surface area (Å²) >= 11 is 0. The quantitative estimate of drug-likeness (QED) is 0.256. The van der Waals surface area contributed by atoms with Crippen molar-refractivity contribution in [2.24, 2.45) is 0 Å². The third-order valence-electron chi connectivity index (χ3n) is 2.92. The summed E-state index contributed by atoms with van der Waals surface area (Å²) in [5.74, 6) is -0.255. The molecule has 0 aromatic rings. The van der Waals surface area contributed by atoms with Crippen molar-refractivity contribution >= 4 is 5.78 Å². The molecular formula is C12H24N2O3. The van der Waals surface area contributed by atoms with Crippen LogP contribution in [-0.4, -0.2) is 34.9 Å². The highest BCUT2D eigenvalue weighted by atomic mass is 16.6. The van der Waals surface area contributed by atoms with E-state index in [1.807, 2.05) is 13.8 Å². The predicted molar refractivity (Wildman–Crippen MR) is 67.5 cm³/mol. The molecule has 5 heteroatoms. The summed E-state index contributed by atoms with van der Waals surface area (Å²) in [5.41, 5.74) is 0. The second kappa shape index (κ2) is 9.10. The number of nitrogens with zero attached hydrogens (tertiary/aromatic N) is 2. The van der Waals surface area contributed by atoms with Gasteiger partial charge >= 0.3 is 6.17 Å². The highest BCUT2D eigenvalue weighted by molar-refractivity contribution is 5.82. The number of likely N-dealkylation sites (N-methyl/N-ethyl adjacent to an activating group) is 1. The highest BCUT2D eigenvalue weighted by Crippen LogP contribution is 2.09. The van der Waals surface area contributed by atoms with Crippen LogP contribution in [0.15, 0.2) is 0 Å². The molecule has 0 saturated heterocycles. The normalized spacial score (nSPS) is 12.7. The van der Waals surface area contributed by atoms with E-state index < -0.39 is 11.1 Å². The minimum Gasteiger partial charge on any atom is -0.290 e. The molecule has 0 aromatic heterocycles. The summed E-state index contributed by atoms with van der Waals surface area (Å²) in [6.07, 6.45) is 3.10. The second-order valence-corrected chi connectivity index (χ2v) is 4.16. The van der Waals surface area contributed by atoms with E-state index in [4.69, 9.17) is 0 Å². The van der Waals surface area contributed by atoms with Crippen LogP contribution < -0.4 is 0 Å². The van der Waals surface area contributed by atoms with Crippen LogP contribution >= 0.6 is 0 Å². The van der Waals surface area contributed by atoms with Crippen LogP contribution in [0.25, 0.3) is 0 Å². The van der Waals surface area contributed by atoms with Gasteiger partial charge in [-0.2, -0.15) is 0 Å². The van der Waals surface area contributed by atoms with Crippen LogP contribution in [0.3, 0.4) is 0 Å². The molecule has 1 atom stereocenters. The topological polar surface area (TPSA) is 63.5 Å². The first-order valence-corrected chi connectivity index (χ1v) is 6.48. The van der Waals surface area contributed by atoms with Crippen LogP contribution in [0, 0.1) is 10.1 Å². The van der Waals surface area contributed by atoms with Crippen LogP contribution in [-0.2, 0) is 4.79 Å². The fourth-order valence-corrected chi connectivity index (χ4v) is 1.88. The molecule has 0 aliphatic heterocycles. The van der Waals surface area contributed by atoms with Crippen molar-refractivity contribution in [1.29, 1.82) is 0 Å². The molecule has 0 heterocycles. The van der Waals surface area contributed by atoms with Gasteiger partial charge in [-0.05, 0) is 6.42 Å². The SMILES string of the molecule is CCCCCCC(=O)C(N(CC)CC)[N+](=O)[O-]. The molecule has 0 aromatic carbocycles. The number of carbonyl (C=O) groups is 1. The molecule has 0 amide bonds. The molecular weight excluding hydrogens is 220 g/mol. The molecule has 0 saturated carbocycles. The predicted octanol–water partition coefficient (Wildman–Crippen LogP) is 2.47. The number of Topliss-reactive ketones (excluding diaryl/α,β-unsaturated/α-hetero) is 1. The average molecular weight is 244 g/mol. The zero-order valence-corrected chi connectivity index (χ0v) is 11.1.